The maximum absolute atomic E-state index is 12.1. The van der Waals surface area contributed by atoms with Crippen molar-refractivity contribution < 1.29 is 19.1 Å². The maximum Gasteiger partial charge on any atom is 0.326 e. The van der Waals surface area contributed by atoms with Gasteiger partial charge in [-0.1, -0.05) is 0 Å². The van der Waals surface area contributed by atoms with Crippen LogP contribution in [-0.4, -0.2) is 34.6 Å². The first-order valence-corrected chi connectivity index (χ1v) is 6.35. The number of urea groups is 1. The summed E-state index contributed by atoms with van der Waals surface area (Å²) in [6.45, 7) is 4.12. The van der Waals surface area contributed by atoms with Crippen LogP contribution in [-0.2, 0) is 4.79 Å². The Hall–Kier alpha value is -1.98. The third-order valence-corrected chi connectivity index (χ3v) is 3.33. The van der Waals surface area contributed by atoms with Crippen LogP contribution in [0.3, 0.4) is 0 Å². The summed E-state index contributed by atoms with van der Waals surface area (Å²) in [4.78, 5) is 24.5. The molecule has 0 aliphatic carbocycles. The highest BCUT2D eigenvalue weighted by Gasteiger charge is 2.34. The lowest BCUT2D eigenvalue weighted by molar-refractivity contribution is -0.141. The summed E-state index contributed by atoms with van der Waals surface area (Å²) in [5, 5.41) is 11.8. The van der Waals surface area contributed by atoms with E-state index in [0.29, 0.717) is 18.7 Å². The molecule has 6 nitrogen and oxygen atoms in total. The number of carbonyl (C=O) groups excluding carboxylic acids is 1. The number of furan rings is 1. The first-order chi connectivity index (χ1) is 8.99. The number of likely N-dealkylation sites (tertiary alicyclic amines) is 1. The number of rotatable bonds is 3. The molecule has 1 fully saturated rings. The summed E-state index contributed by atoms with van der Waals surface area (Å²) in [5.74, 6) is 0.492. The van der Waals surface area contributed by atoms with Crippen molar-refractivity contribution in [2.45, 2.75) is 38.8 Å². The highest BCUT2D eigenvalue weighted by molar-refractivity contribution is 5.83. The minimum Gasteiger partial charge on any atom is -0.480 e. The van der Waals surface area contributed by atoms with Gasteiger partial charge in [0.15, 0.2) is 0 Å². The van der Waals surface area contributed by atoms with E-state index in [2.05, 4.69) is 5.32 Å². The molecule has 19 heavy (non-hydrogen) atoms. The highest BCUT2D eigenvalue weighted by atomic mass is 16.4. The van der Waals surface area contributed by atoms with Gasteiger partial charge in [-0.2, -0.15) is 0 Å². The zero-order chi connectivity index (χ0) is 14.0. The van der Waals surface area contributed by atoms with Gasteiger partial charge < -0.3 is 19.7 Å². The van der Waals surface area contributed by atoms with Crippen LogP contribution in [0.25, 0.3) is 0 Å². The molecule has 0 spiro atoms. The van der Waals surface area contributed by atoms with E-state index < -0.39 is 12.0 Å². The first-order valence-electron chi connectivity index (χ1n) is 6.35. The van der Waals surface area contributed by atoms with Crippen molar-refractivity contribution in [3.63, 3.8) is 0 Å². The number of aliphatic carboxylic acids is 1. The van der Waals surface area contributed by atoms with Crippen molar-refractivity contribution in [1.29, 1.82) is 0 Å². The fraction of sp³-hybridized carbons (Fsp3) is 0.538. The van der Waals surface area contributed by atoms with Crippen LogP contribution in [0.5, 0.6) is 0 Å². The number of amides is 2. The lowest BCUT2D eigenvalue weighted by Crippen LogP contribution is -2.46. The average molecular weight is 266 g/mol. The molecule has 1 unspecified atom stereocenters. The number of carbonyl (C=O) groups is 2. The zero-order valence-corrected chi connectivity index (χ0v) is 11.0. The molecule has 0 radical (unpaired) electrons. The van der Waals surface area contributed by atoms with Gasteiger partial charge in [0.25, 0.3) is 0 Å². The Morgan fingerprint density at radius 3 is 2.84 bits per heavy atom. The SMILES string of the molecule is Cc1ccc(C(C)NC(=O)N2CCC[C@@H]2C(=O)O)o1. The normalized spacial score (nSPS) is 20.3. The number of nitrogens with zero attached hydrogens (tertiary/aromatic N) is 1. The Kier molecular flexibility index (Phi) is 3.78. The van der Waals surface area contributed by atoms with Crippen LogP contribution in [0.1, 0.15) is 37.3 Å². The summed E-state index contributed by atoms with van der Waals surface area (Å²) in [7, 11) is 0. The Balaban J connectivity index is 1.99. The Morgan fingerprint density at radius 1 is 1.53 bits per heavy atom. The predicted octanol–water partition coefficient (Wildman–Crippen LogP) is 1.91. The van der Waals surface area contributed by atoms with Crippen LogP contribution in [0, 0.1) is 6.92 Å². The molecule has 0 bridgehead atoms. The summed E-state index contributed by atoms with van der Waals surface area (Å²) in [6.07, 6.45) is 1.23. The number of carboxylic acids is 1. The number of hydrogen-bond acceptors (Lipinski definition) is 3. The highest BCUT2D eigenvalue weighted by Crippen LogP contribution is 2.20. The molecule has 0 aromatic carbocycles. The second-order valence-corrected chi connectivity index (χ2v) is 4.81. The van der Waals surface area contributed by atoms with Gasteiger partial charge in [0.2, 0.25) is 0 Å². The average Bonchev–Trinajstić information content (AvgIpc) is 2.96. The fourth-order valence-electron chi connectivity index (χ4n) is 2.29. The summed E-state index contributed by atoms with van der Waals surface area (Å²) < 4.78 is 5.43. The van der Waals surface area contributed by atoms with Gasteiger partial charge in [-0.25, -0.2) is 9.59 Å². The number of nitrogens with one attached hydrogen (secondary N) is 1. The van der Waals surface area contributed by atoms with Gasteiger partial charge >= 0.3 is 12.0 Å². The number of hydrogen-bond donors (Lipinski definition) is 2. The standard InChI is InChI=1S/C13H18N2O4/c1-8-5-6-11(19-8)9(2)14-13(18)15-7-3-4-10(15)12(16)17/h5-6,9-10H,3-4,7H2,1-2H3,(H,14,18)(H,16,17)/t9?,10-/m1/s1. The van der Waals surface area contributed by atoms with Crippen LogP contribution >= 0.6 is 0 Å². The van der Waals surface area contributed by atoms with E-state index in [1.807, 2.05) is 19.9 Å². The van der Waals surface area contributed by atoms with Crippen LogP contribution in [0.2, 0.25) is 0 Å². The van der Waals surface area contributed by atoms with E-state index >= 15 is 0 Å². The summed E-state index contributed by atoms with van der Waals surface area (Å²) in [6, 6.07) is 2.28. The molecule has 2 amide bonds. The molecular weight excluding hydrogens is 248 g/mol. The molecule has 1 saturated heterocycles. The Bertz CT molecular complexity index is 483. The van der Waals surface area contributed by atoms with Crippen LogP contribution in [0.4, 0.5) is 4.79 Å². The molecule has 0 saturated carbocycles. The van der Waals surface area contributed by atoms with Crippen molar-refractivity contribution in [1.82, 2.24) is 10.2 Å². The van der Waals surface area contributed by atoms with Gasteiger partial charge in [-0.05, 0) is 38.8 Å². The lowest BCUT2D eigenvalue weighted by Gasteiger charge is -2.23. The van der Waals surface area contributed by atoms with Gasteiger partial charge in [-0.15, -0.1) is 0 Å². The quantitative estimate of drug-likeness (QED) is 0.875. The second kappa shape index (κ2) is 5.34. The Labute approximate surface area is 111 Å². The largest absolute Gasteiger partial charge is 0.480 e. The van der Waals surface area contributed by atoms with Crippen molar-refractivity contribution >= 4 is 12.0 Å². The molecule has 1 aromatic rings. The van der Waals surface area contributed by atoms with Gasteiger partial charge in [0, 0.05) is 6.54 Å². The van der Waals surface area contributed by atoms with E-state index in [1.165, 1.54) is 4.90 Å². The van der Waals surface area contributed by atoms with Crippen molar-refractivity contribution in [2.24, 2.45) is 0 Å². The fourth-order valence-corrected chi connectivity index (χ4v) is 2.29. The molecule has 6 heteroatoms. The van der Waals surface area contributed by atoms with Crippen LogP contribution in [0.15, 0.2) is 16.5 Å². The molecule has 2 heterocycles. The molecule has 2 N–H and O–H groups in total. The number of aryl methyl sites for hydroxylation is 1. The molecule has 1 aliphatic heterocycles. The monoisotopic (exact) mass is 266 g/mol. The minimum absolute atomic E-state index is 0.281. The van der Waals surface area contributed by atoms with Crippen molar-refractivity contribution in [2.75, 3.05) is 6.54 Å². The predicted molar refractivity (Wildman–Crippen MR) is 67.8 cm³/mol. The van der Waals surface area contributed by atoms with E-state index in [1.54, 1.807) is 6.07 Å². The van der Waals surface area contributed by atoms with E-state index in [0.717, 1.165) is 12.2 Å². The molecule has 1 aliphatic rings. The molecule has 1 aromatic heterocycles. The molecule has 2 atom stereocenters. The summed E-state index contributed by atoms with van der Waals surface area (Å²) in [5.41, 5.74) is 0. The van der Waals surface area contributed by atoms with Crippen molar-refractivity contribution in [3.8, 4) is 0 Å². The Morgan fingerprint density at radius 2 is 2.26 bits per heavy atom. The minimum atomic E-state index is -0.950. The zero-order valence-electron chi connectivity index (χ0n) is 11.0. The summed E-state index contributed by atoms with van der Waals surface area (Å²) >= 11 is 0. The van der Waals surface area contributed by atoms with Crippen LogP contribution < -0.4 is 5.32 Å². The third kappa shape index (κ3) is 2.89. The van der Waals surface area contributed by atoms with Crippen molar-refractivity contribution in [3.05, 3.63) is 23.7 Å². The lowest BCUT2D eigenvalue weighted by atomic mass is 10.2. The van der Waals surface area contributed by atoms with Gasteiger partial charge in [0.1, 0.15) is 17.6 Å². The molecular formula is C13H18N2O4. The van der Waals surface area contributed by atoms with Gasteiger partial charge in [-0.3, -0.25) is 0 Å². The van der Waals surface area contributed by atoms with E-state index in [-0.39, 0.29) is 12.1 Å². The second-order valence-electron chi connectivity index (χ2n) is 4.81. The first kappa shape index (κ1) is 13.5. The number of carboxylic acid groups (broad SMARTS) is 1. The molecule has 104 valence electrons. The van der Waals surface area contributed by atoms with E-state index in [4.69, 9.17) is 9.52 Å². The third-order valence-electron chi connectivity index (χ3n) is 3.33. The smallest absolute Gasteiger partial charge is 0.326 e. The molecule has 2 rings (SSSR count). The topological polar surface area (TPSA) is 82.8 Å². The maximum atomic E-state index is 12.1. The van der Waals surface area contributed by atoms with Gasteiger partial charge in [0.05, 0.1) is 6.04 Å². The van der Waals surface area contributed by atoms with E-state index in [9.17, 15) is 9.59 Å².